The van der Waals surface area contributed by atoms with Gasteiger partial charge in [-0.3, -0.25) is 4.79 Å². The van der Waals surface area contributed by atoms with Gasteiger partial charge in [0.1, 0.15) is 6.61 Å². The Bertz CT molecular complexity index is 307. The zero-order chi connectivity index (χ0) is 19.0. The zero-order valence-electron chi connectivity index (χ0n) is 17.7. The number of hydrogen-bond acceptors (Lipinski definition) is 3. The number of esters is 1. The largest absolute Gasteiger partial charge is 0.463 e. The van der Waals surface area contributed by atoms with E-state index in [4.69, 9.17) is 9.47 Å². The molecule has 0 rings (SSSR count). The maximum atomic E-state index is 11.8. The number of hydrogen-bond donors (Lipinski definition) is 0. The predicted molar refractivity (Wildman–Crippen MR) is 107 cm³/mol. The van der Waals surface area contributed by atoms with Crippen molar-refractivity contribution in [2.75, 3.05) is 13.7 Å². The van der Waals surface area contributed by atoms with Gasteiger partial charge in [0.2, 0.25) is 0 Å². The van der Waals surface area contributed by atoms with Crippen LogP contribution >= 0.6 is 0 Å². The van der Waals surface area contributed by atoms with E-state index in [0.29, 0.717) is 18.4 Å². The van der Waals surface area contributed by atoms with Crippen molar-refractivity contribution in [1.82, 2.24) is 0 Å². The molecular formula is C22H44O3. The molecule has 0 aromatic rings. The van der Waals surface area contributed by atoms with Gasteiger partial charge < -0.3 is 9.47 Å². The Kier molecular flexibility index (Phi) is 15.3. The van der Waals surface area contributed by atoms with Crippen LogP contribution in [0.15, 0.2) is 0 Å². The number of carbonyl (C=O) groups excluding carboxylic acids is 1. The Morgan fingerprint density at radius 2 is 1.48 bits per heavy atom. The quantitative estimate of drug-likeness (QED) is 0.228. The Hall–Kier alpha value is -0.570. The molecule has 0 aliphatic rings. The van der Waals surface area contributed by atoms with Crippen LogP contribution in [0.2, 0.25) is 0 Å². The first kappa shape index (κ1) is 24.4. The van der Waals surface area contributed by atoms with Gasteiger partial charge in [0.25, 0.3) is 0 Å². The summed E-state index contributed by atoms with van der Waals surface area (Å²) < 4.78 is 10.8. The molecule has 150 valence electrons. The Balaban J connectivity index is 3.54. The summed E-state index contributed by atoms with van der Waals surface area (Å²) >= 11 is 0. The van der Waals surface area contributed by atoms with E-state index in [1.54, 1.807) is 7.11 Å². The molecule has 0 aliphatic carbocycles. The van der Waals surface area contributed by atoms with E-state index in [-0.39, 0.29) is 12.1 Å². The maximum Gasteiger partial charge on any atom is 0.305 e. The van der Waals surface area contributed by atoms with Gasteiger partial charge in [0.05, 0.1) is 6.10 Å². The summed E-state index contributed by atoms with van der Waals surface area (Å²) in [6, 6.07) is 0. The molecule has 0 bridgehead atoms. The van der Waals surface area contributed by atoms with Gasteiger partial charge in [-0.1, -0.05) is 85.5 Å². The first-order chi connectivity index (χ1) is 11.9. The molecule has 1 atom stereocenters. The second-order valence-corrected chi connectivity index (χ2v) is 8.57. The predicted octanol–water partition coefficient (Wildman–Crippen LogP) is 6.68. The second-order valence-electron chi connectivity index (χ2n) is 8.57. The highest BCUT2D eigenvalue weighted by molar-refractivity contribution is 5.69. The van der Waals surface area contributed by atoms with E-state index in [9.17, 15) is 4.79 Å². The zero-order valence-corrected chi connectivity index (χ0v) is 17.7. The van der Waals surface area contributed by atoms with Crippen LogP contribution in [-0.4, -0.2) is 25.8 Å². The van der Waals surface area contributed by atoms with Crippen molar-refractivity contribution in [3.8, 4) is 0 Å². The number of rotatable bonds is 16. The van der Waals surface area contributed by atoms with Gasteiger partial charge in [0.15, 0.2) is 0 Å². The molecule has 0 radical (unpaired) electrons. The summed E-state index contributed by atoms with van der Waals surface area (Å²) in [5.74, 6) is -0.0669. The van der Waals surface area contributed by atoms with Crippen LogP contribution in [0.25, 0.3) is 0 Å². The Labute approximate surface area is 157 Å². The van der Waals surface area contributed by atoms with Crippen LogP contribution < -0.4 is 0 Å². The average Bonchev–Trinajstić information content (AvgIpc) is 2.55. The average molecular weight is 357 g/mol. The van der Waals surface area contributed by atoms with Gasteiger partial charge in [-0.2, -0.15) is 0 Å². The maximum absolute atomic E-state index is 11.8. The van der Waals surface area contributed by atoms with Crippen molar-refractivity contribution in [2.45, 2.75) is 117 Å². The Morgan fingerprint density at radius 3 is 2.12 bits per heavy atom. The summed E-state index contributed by atoms with van der Waals surface area (Å²) in [5.41, 5.74) is 0.442. The number of ether oxygens (including phenoxy) is 2. The summed E-state index contributed by atoms with van der Waals surface area (Å²) in [6.07, 6.45) is 15.0. The highest BCUT2D eigenvalue weighted by atomic mass is 16.6. The van der Waals surface area contributed by atoms with Crippen LogP contribution in [0.5, 0.6) is 0 Å². The summed E-state index contributed by atoms with van der Waals surface area (Å²) in [5, 5.41) is 0. The summed E-state index contributed by atoms with van der Waals surface area (Å²) in [7, 11) is 1.71. The van der Waals surface area contributed by atoms with Gasteiger partial charge in [0, 0.05) is 13.5 Å². The van der Waals surface area contributed by atoms with Crippen LogP contribution in [0.1, 0.15) is 111 Å². The van der Waals surface area contributed by atoms with E-state index >= 15 is 0 Å². The molecule has 25 heavy (non-hydrogen) atoms. The van der Waals surface area contributed by atoms with E-state index in [2.05, 4.69) is 27.7 Å². The van der Waals surface area contributed by atoms with E-state index < -0.39 is 0 Å². The van der Waals surface area contributed by atoms with Crippen LogP contribution in [0, 0.1) is 5.41 Å². The van der Waals surface area contributed by atoms with E-state index in [0.717, 1.165) is 25.7 Å². The lowest BCUT2D eigenvalue weighted by Crippen LogP contribution is -2.20. The van der Waals surface area contributed by atoms with Gasteiger partial charge in [-0.05, 0) is 24.7 Å². The fourth-order valence-corrected chi connectivity index (χ4v) is 2.96. The van der Waals surface area contributed by atoms with Crippen molar-refractivity contribution < 1.29 is 14.3 Å². The Morgan fingerprint density at radius 1 is 0.880 bits per heavy atom. The summed E-state index contributed by atoms with van der Waals surface area (Å²) in [6.45, 7) is 9.52. The van der Waals surface area contributed by atoms with Crippen molar-refractivity contribution >= 4 is 5.97 Å². The molecule has 0 aliphatic heterocycles. The molecule has 3 nitrogen and oxygen atoms in total. The van der Waals surface area contributed by atoms with Crippen molar-refractivity contribution in [1.29, 1.82) is 0 Å². The second kappa shape index (κ2) is 15.7. The molecule has 0 fully saturated rings. The molecule has 1 unspecified atom stereocenters. The van der Waals surface area contributed by atoms with Crippen molar-refractivity contribution in [3.63, 3.8) is 0 Å². The minimum atomic E-state index is -0.0669. The number of carbonyl (C=O) groups is 1. The molecule has 0 aromatic heterocycles. The standard InChI is InChI=1S/C22H44O3/c1-6-7-8-10-13-16-20(24-5)19-25-21(23)17-14-11-9-12-15-18-22(2,3)4/h20H,6-19H2,1-5H3. The normalized spacial score (nSPS) is 13.0. The van der Waals surface area contributed by atoms with E-state index in [1.165, 1.54) is 51.4 Å². The van der Waals surface area contributed by atoms with E-state index in [1.807, 2.05) is 0 Å². The lowest BCUT2D eigenvalue weighted by Gasteiger charge is -2.17. The fourth-order valence-electron chi connectivity index (χ4n) is 2.96. The third kappa shape index (κ3) is 18.0. The molecule has 0 aromatic carbocycles. The molecule has 0 heterocycles. The molecule has 0 saturated heterocycles. The fraction of sp³-hybridized carbons (Fsp3) is 0.955. The third-order valence-corrected chi connectivity index (χ3v) is 4.70. The molecule has 0 N–H and O–H groups in total. The lowest BCUT2D eigenvalue weighted by atomic mass is 9.89. The van der Waals surface area contributed by atoms with Gasteiger partial charge in [-0.15, -0.1) is 0 Å². The van der Waals surface area contributed by atoms with Crippen molar-refractivity contribution in [3.05, 3.63) is 0 Å². The van der Waals surface area contributed by atoms with Crippen LogP contribution in [0.3, 0.4) is 0 Å². The van der Waals surface area contributed by atoms with Crippen LogP contribution in [-0.2, 0) is 14.3 Å². The van der Waals surface area contributed by atoms with Gasteiger partial charge >= 0.3 is 5.97 Å². The first-order valence-corrected chi connectivity index (χ1v) is 10.6. The minimum absolute atomic E-state index is 0.0583. The molecule has 0 amide bonds. The number of methoxy groups -OCH3 is 1. The van der Waals surface area contributed by atoms with Crippen LogP contribution in [0.4, 0.5) is 0 Å². The molecular weight excluding hydrogens is 312 g/mol. The highest BCUT2D eigenvalue weighted by Gasteiger charge is 2.11. The monoisotopic (exact) mass is 356 g/mol. The molecule has 0 saturated carbocycles. The topological polar surface area (TPSA) is 35.5 Å². The van der Waals surface area contributed by atoms with Crippen molar-refractivity contribution in [2.24, 2.45) is 5.41 Å². The minimum Gasteiger partial charge on any atom is -0.463 e. The lowest BCUT2D eigenvalue weighted by molar-refractivity contribution is -0.147. The molecule has 0 spiro atoms. The highest BCUT2D eigenvalue weighted by Crippen LogP contribution is 2.22. The smallest absolute Gasteiger partial charge is 0.305 e. The first-order valence-electron chi connectivity index (χ1n) is 10.6. The SMILES string of the molecule is CCCCCCCC(COC(=O)CCCCCCCC(C)(C)C)OC. The van der Waals surface area contributed by atoms with Gasteiger partial charge in [-0.25, -0.2) is 0 Å². The molecule has 3 heteroatoms. The number of unbranched alkanes of at least 4 members (excludes halogenated alkanes) is 8. The third-order valence-electron chi connectivity index (χ3n) is 4.70. The summed E-state index contributed by atoms with van der Waals surface area (Å²) in [4.78, 5) is 11.8.